The van der Waals surface area contributed by atoms with Gasteiger partial charge in [0.2, 0.25) is 0 Å². The molecule has 0 atom stereocenters. The van der Waals surface area contributed by atoms with Crippen LogP contribution >= 0.6 is 0 Å². The highest BCUT2D eigenvalue weighted by Crippen LogP contribution is 2.23. The normalized spacial score (nSPS) is 11.3. The summed E-state index contributed by atoms with van der Waals surface area (Å²) in [5.74, 6) is -0.380. The first-order valence-corrected chi connectivity index (χ1v) is 5.31. The molecule has 1 aromatic carbocycles. The number of alkyl halides is 3. The quantitative estimate of drug-likeness (QED) is 0.735. The van der Waals surface area contributed by atoms with E-state index in [2.05, 4.69) is 4.74 Å². The Morgan fingerprint density at radius 2 is 1.82 bits per heavy atom. The van der Waals surface area contributed by atoms with E-state index in [1.54, 1.807) is 0 Å². The SMILES string of the molecule is CCCCC(=O)c1ccc(OC(F)(F)F)cc1. The van der Waals surface area contributed by atoms with Crippen LogP contribution in [0.4, 0.5) is 13.2 Å². The van der Waals surface area contributed by atoms with E-state index in [9.17, 15) is 18.0 Å². The molecule has 1 aromatic rings. The van der Waals surface area contributed by atoms with Crippen LogP contribution in [0.25, 0.3) is 0 Å². The summed E-state index contributed by atoms with van der Waals surface area (Å²) in [6.45, 7) is 1.97. The molecular weight excluding hydrogens is 233 g/mol. The van der Waals surface area contributed by atoms with E-state index < -0.39 is 6.36 Å². The molecule has 17 heavy (non-hydrogen) atoms. The molecule has 0 aromatic heterocycles. The van der Waals surface area contributed by atoms with Crippen molar-refractivity contribution in [2.45, 2.75) is 32.5 Å². The van der Waals surface area contributed by atoms with Crippen molar-refractivity contribution in [1.29, 1.82) is 0 Å². The number of carbonyl (C=O) groups is 1. The first-order valence-electron chi connectivity index (χ1n) is 5.31. The van der Waals surface area contributed by atoms with Gasteiger partial charge in [0.25, 0.3) is 0 Å². The van der Waals surface area contributed by atoms with Crippen molar-refractivity contribution >= 4 is 5.78 Å². The van der Waals surface area contributed by atoms with Crippen molar-refractivity contribution in [3.63, 3.8) is 0 Å². The Hall–Kier alpha value is -1.52. The average molecular weight is 246 g/mol. The third kappa shape index (κ3) is 4.89. The second-order valence-corrected chi connectivity index (χ2v) is 3.60. The fourth-order valence-electron chi connectivity index (χ4n) is 1.32. The number of carbonyl (C=O) groups excluding carboxylic acids is 1. The van der Waals surface area contributed by atoms with Crippen molar-refractivity contribution in [3.8, 4) is 5.75 Å². The van der Waals surface area contributed by atoms with Crippen molar-refractivity contribution in [2.75, 3.05) is 0 Å². The van der Waals surface area contributed by atoms with E-state index in [1.165, 1.54) is 12.1 Å². The maximum atomic E-state index is 11.9. The zero-order valence-electron chi connectivity index (χ0n) is 9.38. The summed E-state index contributed by atoms with van der Waals surface area (Å²) in [4.78, 5) is 11.5. The second-order valence-electron chi connectivity index (χ2n) is 3.60. The van der Waals surface area contributed by atoms with Gasteiger partial charge in [0.15, 0.2) is 5.78 Å². The smallest absolute Gasteiger partial charge is 0.406 e. The fraction of sp³-hybridized carbons (Fsp3) is 0.417. The van der Waals surface area contributed by atoms with E-state index in [0.717, 1.165) is 25.0 Å². The summed E-state index contributed by atoms with van der Waals surface area (Å²) in [5, 5.41) is 0. The molecule has 5 heteroatoms. The first-order chi connectivity index (χ1) is 7.92. The molecular formula is C12H13F3O2. The number of hydrogen-bond donors (Lipinski definition) is 0. The number of benzene rings is 1. The van der Waals surface area contributed by atoms with E-state index in [1.807, 2.05) is 6.92 Å². The summed E-state index contributed by atoms with van der Waals surface area (Å²) in [6, 6.07) is 4.98. The van der Waals surface area contributed by atoms with Crippen LogP contribution in [0.1, 0.15) is 36.5 Å². The molecule has 0 bridgehead atoms. The molecule has 0 amide bonds. The number of Topliss-reactive ketones (excluding diaryl/α,β-unsaturated/α-hetero) is 1. The summed E-state index contributed by atoms with van der Waals surface area (Å²) in [5.41, 5.74) is 0.410. The van der Waals surface area contributed by atoms with E-state index in [-0.39, 0.29) is 11.5 Å². The molecule has 0 aliphatic heterocycles. The largest absolute Gasteiger partial charge is 0.573 e. The third-order valence-corrected chi connectivity index (χ3v) is 2.17. The van der Waals surface area contributed by atoms with Gasteiger partial charge in [-0.2, -0.15) is 0 Å². The second kappa shape index (κ2) is 5.70. The molecule has 2 nitrogen and oxygen atoms in total. The maximum Gasteiger partial charge on any atom is 0.573 e. The Labute approximate surface area is 97.4 Å². The van der Waals surface area contributed by atoms with Gasteiger partial charge in [-0.25, -0.2) is 0 Å². The Balaban J connectivity index is 2.64. The van der Waals surface area contributed by atoms with Crippen molar-refractivity contribution in [2.24, 2.45) is 0 Å². The number of rotatable bonds is 5. The van der Waals surface area contributed by atoms with Crippen molar-refractivity contribution in [1.82, 2.24) is 0 Å². The summed E-state index contributed by atoms with van der Waals surface area (Å²) in [6.07, 6.45) is -2.61. The topological polar surface area (TPSA) is 26.3 Å². The number of halogens is 3. The minimum absolute atomic E-state index is 0.0644. The number of ketones is 1. The molecule has 0 aliphatic carbocycles. The van der Waals surface area contributed by atoms with Crippen LogP contribution < -0.4 is 4.74 Å². The van der Waals surface area contributed by atoms with E-state index >= 15 is 0 Å². The molecule has 0 N–H and O–H groups in total. The van der Waals surface area contributed by atoms with Gasteiger partial charge < -0.3 is 4.74 Å². The zero-order valence-corrected chi connectivity index (χ0v) is 9.38. The third-order valence-electron chi connectivity index (χ3n) is 2.17. The number of unbranched alkanes of at least 4 members (excludes halogenated alkanes) is 1. The van der Waals surface area contributed by atoms with Crippen LogP contribution in [0.5, 0.6) is 5.75 Å². The summed E-state index contributed by atoms with van der Waals surface area (Å²) >= 11 is 0. The van der Waals surface area contributed by atoms with Crippen LogP contribution in [0.3, 0.4) is 0 Å². The molecule has 0 radical (unpaired) electrons. The summed E-state index contributed by atoms with van der Waals surface area (Å²) in [7, 11) is 0. The average Bonchev–Trinajstić information content (AvgIpc) is 2.24. The number of ether oxygens (including phenoxy) is 1. The van der Waals surface area contributed by atoms with Gasteiger partial charge in [0.05, 0.1) is 0 Å². The van der Waals surface area contributed by atoms with Gasteiger partial charge in [-0.05, 0) is 30.7 Å². The number of hydrogen-bond acceptors (Lipinski definition) is 2. The Morgan fingerprint density at radius 1 is 1.24 bits per heavy atom. The predicted molar refractivity (Wildman–Crippen MR) is 57.0 cm³/mol. The molecule has 0 saturated heterocycles. The van der Waals surface area contributed by atoms with Crippen molar-refractivity contribution < 1.29 is 22.7 Å². The van der Waals surface area contributed by atoms with Crippen LogP contribution in [0, 0.1) is 0 Å². The van der Waals surface area contributed by atoms with E-state index in [0.29, 0.717) is 12.0 Å². The van der Waals surface area contributed by atoms with Crippen LogP contribution in [-0.2, 0) is 0 Å². The van der Waals surface area contributed by atoms with Gasteiger partial charge in [0, 0.05) is 12.0 Å². The van der Waals surface area contributed by atoms with Gasteiger partial charge in [-0.1, -0.05) is 13.3 Å². The molecule has 0 heterocycles. The minimum Gasteiger partial charge on any atom is -0.406 e. The monoisotopic (exact) mass is 246 g/mol. The highest BCUT2D eigenvalue weighted by atomic mass is 19.4. The summed E-state index contributed by atoms with van der Waals surface area (Å²) < 4.78 is 39.3. The maximum absolute atomic E-state index is 11.9. The Morgan fingerprint density at radius 3 is 2.29 bits per heavy atom. The molecule has 94 valence electrons. The molecule has 0 aliphatic rings. The van der Waals surface area contributed by atoms with Crippen molar-refractivity contribution in [3.05, 3.63) is 29.8 Å². The van der Waals surface area contributed by atoms with Gasteiger partial charge in [0.1, 0.15) is 5.75 Å². The molecule has 0 unspecified atom stereocenters. The first kappa shape index (κ1) is 13.5. The lowest BCUT2D eigenvalue weighted by Crippen LogP contribution is -2.17. The zero-order chi connectivity index (χ0) is 12.9. The van der Waals surface area contributed by atoms with Gasteiger partial charge in [-0.3, -0.25) is 4.79 Å². The van der Waals surface area contributed by atoms with Crippen LogP contribution in [0.15, 0.2) is 24.3 Å². The van der Waals surface area contributed by atoms with Gasteiger partial charge in [-0.15, -0.1) is 13.2 Å². The van der Waals surface area contributed by atoms with Crippen LogP contribution in [0.2, 0.25) is 0 Å². The lowest BCUT2D eigenvalue weighted by atomic mass is 10.1. The predicted octanol–water partition coefficient (Wildman–Crippen LogP) is 3.96. The highest BCUT2D eigenvalue weighted by molar-refractivity contribution is 5.96. The Bertz CT molecular complexity index is 368. The fourth-order valence-corrected chi connectivity index (χ4v) is 1.32. The Kier molecular flexibility index (Phi) is 4.54. The van der Waals surface area contributed by atoms with Crippen LogP contribution in [-0.4, -0.2) is 12.1 Å². The molecule has 1 rings (SSSR count). The lowest BCUT2D eigenvalue weighted by Gasteiger charge is -2.08. The molecule has 0 saturated carbocycles. The standard InChI is InChI=1S/C12H13F3O2/c1-2-3-4-11(16)9-5-7-10(8-6-9)17-12(13,14)15/h5-8H,2-4H2,1H3. The van der Waals surface area contributed by atoms with Gasteiger partial charge >= 0.3 is 6.36 Å². The molecule has 0 spiro atoms. The highest BCUT2D eigenvalue weighted by Gasteiger charge is 2.30. The van der Waals surface area contributed by atoms with E-state index in [4.69, 9.17) is 0 Å². The lowest BCUT2D eigenvalue weighted by molar-refractivity contribution is -0.274. The molecule has 0 fully saturated rings. The minimum atomic E-state index is -4.70.